The summed E-state index contributed by atoms with van der Waals surface area (Å²) in [5.74, 6) is -1.24. The molecule has 2 aliphatic rings. The van der Waals surface area contributed by atoms with Gasteiger partial charge in [-0.2, -0.15) is 0 Å². The molecule has 0 bridgehead atoms. The Kier molecular flexibility index (Phi) is 8.93. The van der Waals surface area contributed by atoms with Gasteiger partial charge in [-0.15, -0.1) is 11.8 Å². The third-order valence-electron chi connectivity index (χ3n) is 5.58. The zero-order valence-electron chi connectivity index (χ0n) is 20.3. The maximum atomic E-state index is 13.8. The van der Waals surface area contributed by atoms with E-state index in [9.17, 15) is 14.4 Å². The Hall–Kier alpha value is -2.62. The fourth-order valence-electron chi connectivity index (χ4n) is 3.84. The Morgan fingerprint density at radius 3 is 2.62 bits per heavy atom. The van der Waals surface area contributed by atoms with Crippen LogP contribution in [0.25, 0.3) is 0 Å². The molecule has 0 saturated carbocycles. The van der Waals surface area contributed by atoms with Crippen LogP contribution in [-0.4, -0.2) is 81.1 Å². The first-order chi connectivity index (χ1) is 16.2. The third kappa shape index (κ3) is 6.08. The molecule has 8 nitrogen and oxygen atoms in total. The van der Waals surface area contributed by atoms with Crippen LogP contribution in [0.4, 0.5) is 5.69 Å². The van der Waals surface area contributed by atoms with Crippen molar-refractivity contribution in [2.24, 2.45) is 0 Å². The fraction of sp³-hybridized carbons (Fsp3) is 0.480. The number of hydrogen-bond donors (Lipinski definition) is 0. The number of methoxy groups -OCH3 is 1. The SMILES string of the molecule is CCOC(=O)c1ccc2c(c1)S[C@@H](C1=CCC(OC)C=C1)[C@@H](OC(C)=O)C(=O)N2CCN(C)C. The number of nitrogens with zero attached hydrogens (tertiary/aromatic N) is 2. The monoisotopic (exact) mass is 488 g/mol. The van der Waals surface area contributed by atoms with Gasteiger partial charge in [0.2, 0.25) is 0 Å². The molecule has 1 amide bonds. The summed E-state index contributed by atoms with van der Waals surface area (Å²) in [5.41, 5.74) is 1.96. The minimum absolute atomic E-state index is 0.0401. The quantitative estimate of drug-likeness (QED) is 0.516. The number of carbonyl (C=O) groups is 3. The lowest BCUT2D eigenvalue weighted by atomic mass is 9.98. The molecule has 3 rings (SSSR count). The largest absolute Gasteiger partial charge is 0.462 e. The molecule has 184 valence electrons. The number of amides is 1. The minimum atomic E-state index is -1.02. The molecular weight excluding hydrogens is 456 g/mol. The first kappa shape index (κ1) is 26.0. The molecule has 0 saturated heterocycles. The number of thioether (sulfide) groups is 1. The van der Waals surface area contributed by atoms with Crippen LogP contribution in [0, 0.1) is 0 Å². The number of ether oxygens (including phenoxy) is 3. The number of allylic oxidation sites excluding steroid dienone is 1. The van der Waals surface area contributed by atoms with Crippen molar-refractivity contribution in [3.63, 3.8) is 0 Å². The molecule has 1 aliphatic carbocycles. The zero-order valence-corrected chi connectivity index (χ0v) is 21.1. The van der Waals surface area contributed by atoms with Crippen molar-refractivity contribution in [2.75, 3.05) is 45.8 Å². The van der Waals surface area contributed by atoms with Gasteiger partial charge >= 0.3 is 11.9 Å². The highest BCUT2D eigenvalue weighted by Crippen LogP contribution is 2.43. The number of hydrogen-bond acceptors (Lipinski definition) is 8. The van der Waals surface area contributed by atoms with Crippen LogP contribution in [0.2, 0.25) is 0 Å². The Bertz CT molecular complexity index is 990. The Balaban J connectivity index is 2.09. The van der Waals surface area contributed by atoms with Gasteiger partial charge < -0.3 is 24.0 Å². The van der Waals surface area contributed by atoms with Gasteiger partial charge in [-0.3, -0.25) is 9.59 Å². The normalized spacial score (nSPS) is 22.2. The van der Waals surface area contributed by atoms with Crippen LogP contribution in [0.1, 0.15) is 30.6 Å². The average Bonchev–Trinajstić information content (AvgIpc) is 2.92. The second-order valence-corrected chi connectivity index (χ2v) is 9.52. The Morgan fingerprint density at radius 2 is 2.03 bits per heavy atom. The van der Waals surface area contributed by atoms with Crippen molar-refractivity contribution in [3.05, 3.63) is 47.6 Å². The van der Waals surface area contributed by atoms with Crippen LogP contribution in [0.3, 0.4) is 0 Å². The van der Waals surface area contributed by atoms with Gasteiger partial charge in [0.15, 0.2) is 6.10 Å². The third-order valence-corrected chi connectivity index (χ3v) is 6.94. The van der Waals surface area contributed by atoms with E-state index in [0.717, 1.165) is 10.5 Å². The summed E-state index contributed by atoms with van der Waals surface area (Å²) in [7, 11) is 5.51. The highest BCUT2D eigenvalue weighted by Gasteiger charge is 2.41. The molecule has 3 atom stereocenters. The van der Waals surface area contributed by atoms with E-state index in [1.54, 1.807) is 37.1 Å². The van der Waals surface area contributed by atoms with E-state index in [-0.39, 0.29) is 18.6 Å². The summed E-state index contributed by atoms with van der Waals surface area (Å²) in [6.07, 6.45) is 5.47. The van der Waals surface area contributed by atoms with Crippen molar-refractivity contribution < 1.29 is 28.6 Å². The van der Waals surface area contributed by atoms with Gasteiger partial charge in [0.1, 0.15) is 0 Å². The lowest BCUT2D eigenvalue weighted by Crippen LogP contribution is -2.47. The molecule has 34 heavy (non-hydrogen) atoms. The summed E-state index contributed by atoms with van der Waals surface area (Å²) in [6.45, 7) is 4.36. The van der Waals surface area contributed by atoms with Gasteiger partial charge in [-0.05, 0) is 51.2 Å². The van der Waals surface area contributed by atoms with E-state index in [1.807, 2.05) is 37.2 Å². The first-order valence-corrected chi connectivity index (χ1v) is 12.1. The van der Waals surface area contributed by atoms with E-state index < -0.39 is 23.3 Å². The Labute approximate surface area is 204 Å². The van der Waals surface area contributed by atoms with E-state index in [2.05, 4.69) is 0 Å². The predicted octanol–water partition coefficient (Wildman–Crippen LogP) is 3.07. The number of benzene rings is 1. The molecule has 1 aliphatic heterocycles. The molecule has 1 heterocycles. The van der Waals surface area contributed by atoms with Gasteiger partial charge in [0.25, 0.3) is 5.91 Å². The highest BCUT2D eigenvalue weighted by molar-refractivity contribution is 8.00. The molecule has 1 unspecified atom stereocenters. The molecule has 1 aromatic carbocycles. The van der Waals surface area contributed by atoms with E-state index in [4.69, 9.17) is 14.2 Å². The molecule has 9 heteroatoms. The van der Waals surface area contributed by atoms with E-state index in [1.165, 1.54) is 18.7 Å². The van der Waals surface area contributed by atoms with Crippen LogP contribution < -0.4 is 4.90 Å². The summed E-state index contributed by atoms with van der Waals surface area (Å²) in [4.78, 5) is 42.6. The highest BCUT2D eigenvalue weighted by atomic mass is 32.2. The van der Waals surface area contributed by atoms with Gasteiger partial charge in [0.05, 0.1) is 29.2 Å². The smallest absolute Gasteiger partial charge is 0.338 e. The molecule has 0 N–H and O–H groups in total. The Morgan fingerprint density at radius 1 is 1.26 bits per heavy atom. The molecule has 0 radical (unpaired) electrons. The van der Waals surface area contributed by atoms with Gasteiger partial charge in [0, 0.05) is 32.0 Å². The van der Waals surface area contributed by atoms with Gasteiger partial charge in [-0.1, -0.05) is 18.2 Å². The van der Waals surface area contributed by atoms with Crippen LogP contribution >= 0.6 is 11.8 Å². The number of rotatable bonds is 8. The summed E-state index contributed by atoms with van der Waals surface area (Å²) in [6, 6.07) is 5.18. The first-order valence-electron chi connectivity index (χ1n) is 11.3. The topological polar surface area (TPSA) is 85.4 Å². The van der Waals surface area contributed by atoms with Crippen molar-refractivity contribution in [3.8, 4) is 0 Å². The van der Waals surface area contributed by atoms with E-state index in [0.29, 0.717) is 30.8 Å². The van der Waals surface area contributed by atoms with Crippen LogP contribution in [0.15, 0.2) is 46.9 Å². The van der Waals surface area contributed by atoms with Crippen molar-refractivity contribution in [2.45, 2.75) is 42.6 Å². The maximum absolute atomic E-state index is 13.8. The zero-order chi connectivity index (χ0) is 24.8. The summed E-state index contributed by atoms with van der Waals surface area (Å²) >= 11 is 1.41. The number of esters is 2. The number of anilines is 1. The van der Waals surface area contributed by atoms with Crippen molar-refractivity contribution >= 4 is 35.3 Å². The molecule has 0 spiro atoms. The number of fused-ring (bicyclic) bond motifs is 1. The van der Waals surface area contributed by atoms with E-state index >= 15 is 0 Å². The summed E-state index contributed by atoms with van der Waals surface area (Å²) < 4.78 is 16.2. The fourth-order valence-corrected chi connectivity index (χ4v) is 5.21. The lowest BCUT2D eigenvalue weighted by Gasteiger charge is -2.29. The predicted molar refractivity (Wildman–Crippen MR) is 131 cm³/mol. The maximum Gasteiger partial charge on any atom is 0.338 e. The van der Waals surface area contributed by atoms with Gasteiger partial charge in [-0.25, -0.2) is 4.79 Å². The molecule has 0 fully saturated rings. The molecule has 0 aromatic heterocycles. The second-order valence-electron chi connectivity index (χ2n) is 8.34. The minimum Gasteiger partial charge on any atom is -0.462 e. The van der Waals surface area contributed by atoms with Crippen molar-refractivity contribution in [1.82, 2.24) is 4.90 Å². The number of carbonyl (C=O) groups excluding carboxylic acids is 3. The average molecular weight is 489 g/mol. The molecule has 1 aromatic rings. The number of likely N-dealkylation sites (N-methyl/N-ethyl adjacent to an activating group) is 1. The molecular formula is C25H32N2O6S. The second kappa shape index (κ2) is 11.7. The van der Waals surface area contributed by atoms with Crippen molar-refractivity contribution in [1.29, 1.82) is 0 Å². The lowest BCUT2D eigenvalue weighted by molar-refractivity contribution is -0.152. The summed E-state index contributed by atoms with van der Waals surface area (Å²) in [5, 5.41) is -0.481. The van der Waals surface area contributed by atoms with Crippen LogP contribution in [0.5, 0.6) is 0 Å². The van der Waals surface area contributed by atoms with Crippen LogP contribution in [-0.2, 0) is 23.8 Å². The standard InChI is InChI=1S/C25H32N2O6S/c1-6-32-25(30)18-9-12-20-21(15-18)34-23(17-7-10-19(31-5)11-8-17)22(33-16(2)28)24(29)27(20)14-13-26(3)4/h7-10,12,15,19,22-23H,6,11,13-14H2,1-5H3/t19?,22-,23+/m1/s1.